The fourth-order valence-corrected chi connectivity index (χ4v) is 6.47. The van der Waals surface area contributed by atoms with Crippen LogP contribution >= 0.6 is 0 Å². The van der Waals surface area contributed by atoms with Crippen LogP contribution in [0.1, 0.15) is 84.4 Å². The number of amides is 1. The van der Waals surface area contributed by atoms with Gasteiger partial charge >= 0.3 is 12.1 Å². The Morgan fingerprint density at radius 1 is 1.07 bits per heavy atom. The number of rotatable bonds is 1. The highest BCUT2D eigenvalue weighted by Crippen LogP contribution is 2.50. The van der Waals surface area contributed by atoms with E-state index in [1.54, 1.807) is 6.92 Å². The Morgan fingerprint density at radius 2 is 1.81 bits per heavy atom. The highest BCUT2D eigenvalue weighted by molar-refractivity contribution is 5.87. The number of aryl methyl sites for hydroxylation is 1. The van der Waals surface area contributed by atoms with Crippen molar-refractivity contribution in [2.75, 3.05) is 6.54 Å². The van der Waals surface area contributed by atoms with E-state index in [2.05, 4.69) is 9.97 Å². The number of benzene rings is 1. The van der Waals surface area contributed by atoms with E-state index in [0.717, 1.165) is 44.2 Å². The van der Waals surface area contributed by atoms with Crippen molar-refractivity contribution in [2.24, 2.45) is 23.2 Å². The molecule has 8 nitrogen and oxygen atoms in total. The molecule has 1 saturated heterocycles. The summed E-state index contributed by atoms with van der Waals surface area (Å²) in [6, 6.07) is 2.46. The van der Waals surface area contributed by atoms with Crippen molar-refractivity contribution in [2.45, 2.75) is 103 Å². The molecule has 6 atom stereocenters. The third-order valence-electron chi connectivity index (χ3n) is 9.46. The Kier molecular flexibility index (Phi) is 8.24. The van der Waals surface area contributed by atoms with Gasteiger partial charge in [-0.25, -0.2) is 9.97 Å². The smallest absolute Gasteiger partial charge is 0.416 e. The molecular formula is C32H40F3N3O5. The van der Waals surface area contributed by atoms with E-state index in [0.29, 0.717) is 23.9 Å². The molecule has 3 heterocycles. The van der Waals surface area contributed by atoms with Gasteiger partial charge in [-0.05, 0) is 56.2 Å². The summed E-state index contributed by atoms with van der Waals surface area (Å²) in [6.45, 7) is 9.44. The summed E-state index contributed by atoms with van der Waals surface area (Å²) in [5.74, 6) is -1.55. The van der Waals surface area contributed by atoms with Crippen LogP contribution in [0.2, 0.25) is 0 Å². The summed E-state index contributed by atoms with van der Waals surface area (Å²) in [5.41, 5.74) is -1.04. The van der Waals surface area contributed by atoms with Gasteiger partial charge in [-0.3, -0.25) is 9.59 Å². The zero-order valence-corrected chi connectivity index (χ0v) is 25.4. The Hall–Kier alpha value is -3.24. The lowest BCUT2D eigenvalue weighted by atomic mass is 9.77. The van der Waals surface area contributed by atoms with Crippen molar-refractivity contribution in [1.29, 1.82) is 0 Å². The number of nitrogens with zero attached hydrogens (tertiary/aromatic N) is 3. The van der Waals surface area contributed by atoms with E-state index < -0.39 is 52.7 Å². The number of halogens is 3. The van der Waals surface area contributed by atoms with Crippen LogP contribution in [0.15, 0.2) is 18.2 Å². The first kappa shape index (κ1) is 31.2. The molecule has 1 aliphatic carbocycles. The maximum atomic E-state index is 14.0. The lowest BCUT2D eigenvalue weighted by Gasteiger charge is -2.34. The maximum absolute atomic E-state index is 14.0. The summed E-state index contributed by atoms with van der Waals surface area (Å²) < 4.78 is 52.6. The molecule has 2 bridgehead atoms. The standard InChI is InChI=1S/C32H40F3N3O5/c1-18-25(17-39)38-16-26(18)42-28-23(36-22-12-11-19(32(33,34)35)13-24(22)37-28)10-8-6-7-9-20-15-31(20,5)43-27(40)14-21(29(38)41)30(2,3)4/h11-13,17-18,20-21,25-26H,6-10,14-16H2,1-5H3/t18-,20+,21+,25+,26-,31+/m0/s1. The number of hydrogen-bond donors (Lipinski definition) is 0. The van der Waals surface area contributed by atoms with Crippen LogP contribution in [0.4, 0.5) is 13.2 Å². The summed E-state index contributed by atoms with van der Waals surface area (Å²) in [5, 5.41) is 0. The monoisotopic (exact) mass is 603 g/mol. The van der Waals surface area contributed by atoms with E-state index in [9.17, 15) is 27.6 Å². The van der Waals surface area contributed by atoms with Gasteiger partial charge in [-0.2, -0.15) is 13.2 Å². The third-order valence-corrected chi connectivity index (χ3v) is 9.46. The molecule has 1 aromatic carbocycles. The zero-order valence-electron chi connectivity index (χ0n) is 25.4. The molecule has 2 aromatic rings. The predicted molar refractivity (Wildman–Crippen MR) is 152 cm³/mol. The number of carbonyl (C=O) groups is 3. The van der Waals surface area contributed by atoms with Gasteiger partial charge < -0.3 is 19.2 Å². The van der Waals surface area contributed by atoms with Crippen LogP contribution in [0.5, 0.6) is 5.88 Å². The van der Waals surface area contributed by atoms with Gasteiger partial charge in [0.2, 0.25) is 11.8 Å². The first-order valence-corrected chi connectivity index (χ1v) is 15.1. The maximum Gasteiger partial charge on any atom is 0.416 e. The second kappa shape index (κ2) is 11.4. The highest BCUT2D eigenvalue weighted by Gasteiger charge is 2.54. The second-order valence-electron chi connectivity index (χ2n) is 13.7. The average Bonchev–Trinajstić information content (AvgIpc) is 3.44. The van der Waals surface area contributed by atoms with E-state index in [1.807, 2.05) is 27.7 Å². The van der Waals surface area contributed by atoms with Gasteiger partial charge in [0, 0.05) is 11.8 Å². The van der Waals surface area contributed by atoms with Crippen LogP contribution in [0.25, 0.3) is 11.0 Å². The number of fused-ring (bicyclic) bond motifs is 5. The topological polar surface area (TPSA) is 98.7 Å². The number of ether oxygens (including phenoxy) is 2. The van der Waals surface area contributed by atoms with Crippen molar-refractivity contribution in [1.82, 2.24) is 14.9 Å². The molecule has 5 rings (SSSR count). The van der Waals surface area contributed by atoms with Crippen molar-refractivity contribution in [3.05, 3.63) is 29.5 Å². The first-order valence-electron chi connectivity index (χ1n) is 15.1. The average molecular weight is 604 g/mol. The van der Waals surface area contributed by atoms with Crippen molar-refractivity contribution in [3.63, 3.8) is 0 Å². The van der Waals surface area contributed by atoms with E-state index in [-0.39, 0.29) is 36.2 Å². The minimum Gasteiger partial charge on any atom is -0.471 e. The number of aromatic nitrogens is 2. The molecule has 3 aliphatic rings. The van der Waals surface area contributed by atoms with Crippen molar-refractivity contribution < 1.29 is 37.0 Å². The number of alkyl halides is 3. The van der Waals surface area contributed by atoms with E-state index >= 15 is 0 Å². The molecule has 0 unspecified atom stereocenters. The van der Waals surface area contributed by atoms with Crippen LogP contribution in [-0.4, -0.2) is 57.3 Å². The summed E-state index contributed by atoms with van der Waals surface area (Å²) in [6.07, 6.45) is 0.151. The summed E-state index contributed by atoms with van der Waals surface area (Å²) >= 11 is 0. The van der Waals surface area contributed by atoms with Gasteiger partial charge in [0.1, 0.15) is 23.7 Å². The highest BCUT2D eigenvalue weighted by atomic mass is 19.4. The molecular weight excluding hydrogens is 563 g/mol. The van der Waals surface area contributed by atoms with Crippen molar-refractivity contribution in [3.8, 4) is 5.88 Å². The van der Waals surface area contributed by atoms with Crippen molar-refractivity contribution >= 4 is 29.2 Å². The molecule has 11 heteroatoms. The molecule has 0 spiro atoms. The van der Waals surface area contributed by atoms with Gasteiger partial charge in [-0.1, -0.05) is 40.5 Å². The first-order chi connectivity index (χ1) is 20.1. The Balaban J connectivity index is 1.52. The SMILES string of the molecule is C[C@@H]1[C@@H]2CN(C(=O)[C@H](C(C)(C)C)CC(=O)O[C@]3(C)C[C@H]3CCCCCc3nc4ccc(C(F)(F)F)cc4nc3O2)[C@@H]1C=O. The zero-order chi connectivity index (χ0) is 31.3. The molecule has 0 N–H and O–H groups in total. The quantitative estimate of drug-likeness (QED) is 0.294. The lowest BCUT2D eigenvalue weighted by molar-refractivity contribution is -0.158. The number of hydrogen-bond acceptors (Lipinski definition) is 7. The van der Waals surface area contributed by atoms with Gasteiger partial charge in [0.15, 0.2) is 0 Å². The Morgan fingerprint density at radius 3 is 2.49 bits per heavy atom. The second-order valence-corrected chi connectivity index (χ2v) is 13.7. The summed E-state index contributed by atoms with van der Waals surface area (Å²) in [7, 11) is 0. The van der Waals surface area contributed by atoms with Crippen LogP contribution in [0.3, 0.4) is 0 Å². The van der Waals surface area contributed by atoms with Crippen LogP contribution in [-0.2, 0) is 31.7 Å². The number of aldehydes is 1. The molecule has 1 saturated carbocycles. The lowest BCUT2D eigenvalue weighted by Crippen LogP contribution is -2.46. The molecule has 2 fully saturated rings. The minimum atomic E-state index is -4.54. The van der Waals surface area contributed by atoms with E-state index in [4.69, 9.17) is 9.47 Å². The van der Waals surface area contributed by atoms with Gasteiger partial charge in [0.25, 0.3) is 0 Å². The van der Waals surface area contributed by atoms with E-state index in [1.165, 1.54) is 11.0 Å². The largest absolute Gasteiger partial charge is 0.471 e. The van der Waals surface area contributed by atoms with Crippen LogP contribution < -0.4 is 4.74 Å². The molecule has 1 aromatic heterocycles. The molecule has 0 radical (unpaired) electrons. The molecule has 1 amide bonds. The predicted octanol–water partition coefficient (Wildman–Crippen LogP) is 5.93. The van der Waals surface area contributed by atoms with Gasteiger partial charge in [-0.15, -0.1) is 0 Å². The minimum absolute atomic E-state index is 0.0561. The number of carbonyl (C=O) groups excluding carboxylic acids is 3. The van der Waals surface area contributed by atoms with Crippen LogP contribution in [0, 0.1) is 23.2 Å². The molecule has 2 aliphatic heterocycles. The number of esters is 1. The third kappa shape index (κ3) is 6.50. The Labute approximate surface area is 249 Å². The summed E-state index contributed by atoms with van der Waals surface area (Å²) in [4.78, 5) is 50.0. The fraction of sp³-hybridized carbons (Fsp3) is 0.656. The molecule has 43 heavy (non-hydrogen) atoms. The van der Waals surface area contributed by atoms with Gasteiger partial charge in [0.05, 0.1) is 41.5 Å². The normalized spacial score (nSPS) is 30.9. The fourth-order valence-electron chi connectivity index (χ4n) is 6.47. The Bertz CT molecular complexity index is 1410. The molecule has 234 valence electrons.